The summed E-state index contributed by atoms with van der Waals surface area (Å²) < 4.78 is 29.7. The highest BCUT2D eigenvalue weighted by Gasteiger charge is 2.31. The third-order valence-corrected chi connectivity index (χ3v) is 10.5. The maximum absolute atomic E-state index is 13.3. The Balaban J connectivity index is 1.26. The molecule has 11 heteroatoms. The smallest absolute Gasteiger partial charge is 0.307 e. The Kier molecular flexibility index (Phi) is 9.41. The largest absolute Gasteiger partial charge is 0.324 e. The Morgan fingerprint density at radius 3 is 2.32 bits per heavy atom. The van der Waals surface area contributed by atoms with Gasteiger partial charge in [0.2, 0.25) is 10.0 Å². The number of benzene rings is 3. The van der Waals surface area contributed by atoms with Crippen molar-refractivity contribution in [1.29, 1.82) is 0 Å². The summed E-state index contributed by atoms with van der Waals surface area (Å²) in [5.74, 6) is 0.821. The van der Waals surface area contributed by atoms with Crippen LogP contribution >= 0.6 is 23.2 Å². The van der Waals surface area contributed by atoms with Crippen LogP contribution in [-0.2, 0) is 21.9 Å². The molecule has 0 spiro atoms. The first-order chi connectivity index (χ1) is 20.8. The van der Waals surface area contributed by atoms with Gasteiger partial charge in [-0.2, -0.15) is 9.40 Å². The molecule has 5 rings (SSSR count). The van der Waals surface area contributed by atoms with E-state index in [9.17, 15) is 13.2 Å². The molecule has 3 aromatic carbocycles. The summed E-state index contributed by atoms with van der Waals surface area (Å²) in [6.07, 6.45) is 2.07. The van der Waals surface area contributed by atoms with E-state index in [-0.39, 0.29) is 27.3 Å². The number of rotatable bonds is 7. The van der Waals surface area contributed by atoms with Crippen LogP contribution in [0.1, 0.15) is 50.4 Å². The number of sulfonamides is 1. The van der Waals surface area contributed by atoms with Crippen molar-refractivity contribution in [3.63, 3.8) is 0 Å². The van der Waals surface area contributed by atoms with Crippen molar-refractivity contribution >= 4 is 50.8 Å². The molecule has 8 nitrogen and oxygen atoms in total. The molecule has 0 unspecified atom stereocenters. The van der Waals surface area contributed by atoms with Gasteiger partial charge in [0.1, 0.15) is 10.7 Å². The average molecular weight is 655 g/mol. The lowest BCUT2D eigenvalue weighted by molar-refractivity contribution is 0.261. The van der Waals surface area contributed by atoms with Gasteiger partial charge in [0.25, 0.3) is 0 Å². The molecule has 0 saturated carbocycles. The molecule has 2 heterocycles. The van der Waals surface area contributed by atoms with Crippen LogP contribution in [0, 0.1) is 12.8 Å². The summed E-state index contributed by atoms with van der Waals surface area (Å²) in [7, 11) is -3.75. The Labute approximate surface area is 269 Å². The highest BCUT2D eigenvalue weighted by atomic mass is 35.5. The van der Waals surface area contributed by atoms with Crippen molar-refractivity contribution < 1.29 is 13.2 Å². The number of halogens is 2. The van der Waals surface area contributed by atoms with Crippen molar-refractivity contribution in [2.75, 3.05) is 23.7 Å². The molecular weight excluding hydrogens is 617 g/mol. The second-order valence-corrected chi connectivity index (χ2v) is 15.0. The van der Waals surface area contributed by atoms with Gasteiger partial charge in [0.05, 0.1) is 16.4 Å². The van der Waals surface area contributed by atoms with E-state index in [1.54, 1.807) is 10.7 Å². The predicted molar refractivity (Wildman–Crippen MR) is 178 cm³/mol. The number of hydrogen-bond donors (Lipinski definition) is 2. The van der Waals surface area contributed by atoms with E-state index in [1.165, 1.54) is 16.4 Å². The lowest BCUT2D eigenvalue weighted by atomic mass is 9.90. The van der Waals surface area contributed by atoms with Crippen molar-refractivity contribution in [2.24, 2.45) is 5.92 Å². The van der Waals surface area contributed by atoms with Gasteiger partial charge >= 0.3 is 6.03 Å². The van der Waals surface area contributed by atoms with Gasteiger partial charge in [-0.25, -0.2) is 17.9 Å². The topological polar surface area (TPSA) is 96.3 Å². The summed E-state index contributed by atoms with van der Waals surface area (Å²) in [5, 5.41) is 11.3. The summed E-state index contributed by atoms with van der Waals surface area (Å²) in [6.45, 7) is 9.04. The number of nitrogens with zero attached hydrogens (tertiary/aromatic N) is 3. The molecule has 0 bridgehead atoms. The first-order valence-electron chi connectivity index (χ1n) is 14.6. The fourth-order valence-electron chi connectivity index (χ4n) is 5.29. The number of urea groups is 1. The normalized spacial score (nSPS) is 14.9. The molecule has 44 heavy (non-hydrogen) atoms. The third kappa shape index (κ3) is 7.29. The number of piperidine rings is 1. The standard InChI is InChI=1S/C33H37Cl2N5O3S/c1-22-9-12-26(13-10-22)40-31(21-30(38-40)33(2,3)4)37-32(41)36-28-8-6-5-7-24(28)19-23-15-17-39(18-16-23)44(42,43)29-20-25(34)11-14-27(29)35/h5-14,20-21,23H,15-19H2,1-4H3,(H2,36,37,41). The van der Waals surface area contributed by atoms with Crippen molar-refractivity contribution in [1.82, 2.24) is 14.1 Å². The lowest BCUT2D eigenvalue weighted by Crippen LogP contribution is -2.39. The second kappa shape index (κ2) is 12.9. The van der Waals surface area contributed by atoms with Crippen LogP contribution in [0.3, 0.4) is 0 Å². The van der Waals surface area contributed by atoms with Crippen LogP contribution in [0.15, 0.2) is 77.7 Å². The van der Waals surface area contributed by atoms with Gasteiger partial charge in [-0.1, -0.05) is 79.9 Å². The van der Waals surface area contributed by atoms with Gasteiger partial charge < -0.3 is 5.32 Å². The number of nitrogens with one attached hydrogen (secondary N) is 2. The second-order valence-electron chi connectivity index (χ2n) is 12.3. The maximum atomic E-state index is 13.3. The van der Waals surface area contributed by atoms with E-state index in [2.05, 4.69) is 31.4 Å². The summed E-state index contributed by atoms with van der Waals surface area (Å²) in [5.41, 5.74) is 4.35. The van der Waals surface area contributed by atoms with E-state index in [4.69, 9.17) is 28.3 Å². The van der Waals surface area contributed by atoms with E-state index in [0.29, 0.717) is 48.9 Å². The lowest BCUT2D eigenvalue weighted by Gasteiger charge is -2.31. The fraction of sp³-hybridized carbons (Fsp3) is 0.333. The minimum atomic E-state index is -3.75. The van der Waals surface area contributed by atoms with Crippen LogP contribution in [-0.4, -0.2) is 41.6 Å². The zero-order valence-corrected chi connectivity index (χ0v) is 27.6. The molecule has 4 aromatic rings. The number of hydrogen-bond acceptors (Lipinski definition) is 4. The first kappa shape index (κ1) is 32.0. The zero-order chi connectivity index (χ0) is 31.6. The summed E-state index contributed by atoms with van der Waals surface area (Å²) in [6, 6.07) is 21.7. The average Bonchev–Trinajstić information content (AvgIpc) is 3.40. The summed E-state index contributed by atoms with van der Waals surface area (Å²) in [4.78, 5) is 13.3. The molecule has 2 amide bonds. The molecule has 0 radical (unpaired) electrons. The van der Waals surface area contributed by atoms with Crippen LogP contribution in [0.25, 0.3) is 5.69 Å². The Hall–Kier alpha value is -3.37. The van der Waals surface area contributed by atoms with E-state index >= 15 is 0 Å². The highest BCUT2D eigenvalue weighted by Crippen LogP contribution is 2.32. The van der Waals surface area contributed by atoms with Gasteiger partial charge in [-0.15, -0.1) is 0 Å². The molecule has 1 saturated heterocycles. The van der Waals surface area contributed by atoms with Crippen molar-refractivity contribution in [3.05, 3.63) is 99.7 Å². The molecular formula is C33H37Cl2N5O3S. The van der Waals surface area contributed by atoms with Crippen molar-refractivity contribution in [2.45, 2.75) is 57.3 Å². The Bertz CT molecular complexity index is 1760. The minimum Gasteiger partial charge on any atom is -0.307 e. The minimum absolute atomic E-state index is 0.0315. The quantitative estimate of drug-likeness (QED) is 0.211. The number of aromatic nitrogens is 2. The van der Waals surface area contributed by atoms with Gasteiger partial charge in [0, 0.05) is 35.3 Å². The number of carbonyl (C=O) groups is 1. The highest BCUT2D eigenvalue weighted by molar-refractivity contribution is 7.89. The van der Waals surface area contributed by atoms with Gasteiger partial charge in [-0.3, -0.25) is 5.32 Å². The first-order valence-corrected chi connectivity index (χ1v) is 16.8. The molecule has 0 aliphatic carbocycles. The Morgan fingerprint density at radius 2 is 1.64 bits per heavy atom. The van der Waals surface area contributed by atoms with E-state index in [0.717, 1.165) is 22.5 Å². The van der Waals surface area contributed by atoms with Crippen molar-refractivity contribution in [3.8, 4) is 5.69 Å². The van der Waals surface area contributed by atoms with Crippen LogP contribution in [0.2, 0.25) is 10.0 Å². The fourth-order valence-corrected chi connectivity index (χ4v) is 7.50. The number of carbonyl (C=O) groups excluding carboxylic acids is 1. The summed E-state index contributed by atoms with van der Waals surface area (Å²) >= 11 is 12.3. The van der Waals surface area contributed by atoms with E-state index in [1.807, 2.05) is 61.5 Å². The van der Waals surface area contributed by atoms with Crippen LogP contribution in [0.5, 0.6) is 0 Å². The molecule has 1 aromatic heterocycles. The van der Waals surface area contributed by atoms with Crippen LogP contribution in [0.4, 0.5) is 16.3 Å². The maximum Gasteiger partial charge on any atom is 0.324 e. The molecule has 1 aliphatic rings. The third-order valence-electron chi connectivity index (χ3n) is 7.86. The molecule has 0 atom stereocenters. The number of aryl methyl sites for hydroxylation is 1. The number of anilines is 2. The number of para-hydroxylation sites is 1. The molecule has 232 valence electrons. The van der Waals surface area contributed by atoms with Crippen LogP contribution < -0.4 is 10.6 Å². The molecule has 2 N–H and O–H groups in total. The monoisotopic (exact) mass is 653 g/mol. The van der Waals surface area contributed by atoms with E-state index < -0.39 is 10.0 Å². The molecule has 1 aliphatic heterocycles. The Morgan fingerprint density at radius 1 is 0.955 bits per heavy atom. The molecule has 1 fully saturated rings. The zero-order valence-electron chi connectivity index (χ0n) is 25.3. The van der Waals surface area contributed by atoms with Gasteiger partial charge in [-0.05, 0) is 74.1 Å². The SMILES string of the molecule is Cc1ccc(-n2nc(C(C)(C)C)cc2NC(=O)Nc2ccccc2CC2CCN(S(=O)(=O)c3cc(Cl)ccc3Cl)CC2)cc1. The van der Waals surface area contributed by atoms with Gasteiger partial charge in [0.15, 0.2) is 0 Å². The predicted octanol–water partition coefficient (Wildman–Crippen LogP) is 8.07. The number of amides is 2.